The Morgan fingerprint density at radius 1 is 1.42 bits per heavy atom. The lowest BCUT2D eigenvalue weighted by atomic mass is 9.76. The average Bonchev–Trinajstić information content (AvgIpc) is 2.50. The molecule has 132 valence electrons. The van der Waals surface area contributed by atoms with Crippen LogP contribution in [0.2, 0.25) is 0 Å². The minimum absolute atomic E-state index is 0.0309. The van der Waals surface area contributed by atoms with Crippen molar-refractivity contribution in [3.05, 3.63) is 48.1 Å². The van der Waals surface area contributed by atoms with Gasteiger partial charge in [-0.25, -0.2) is 4.79 Å². The molecule has 1 fully saturated rings. The van der Waals surface area contributed by atoms with Crippen molar-refractivity contribution in [1.82, 2.24) is 0 Å². The van der Waals surface area contributed by atoms with Crippen LogP contribution in [0.4, 0.5) is 0 Å². The van der Waals surface area contributed by atoms with Crippen LogP contribution in [-0.2, 0) is 9.53 Å². The number of carbonyl (C=O) groups is 1. The molecule has 1 aliphatic heterocycles. The van der Waals surface area contributed by atoms with E-state index < -0.39 is 11.2 Å². The predicted octanol–water partition coefficient (Wildman–Crippen LogP) is 3.08. The van der Waals surface area contributed by atoms with Crippen molar-refractivity contribution in [3.8, 4) is 0 Å². The summed E-state index contributed by atoms with van der Waals surface area (Å²) < 4.78 is 5.35. The molecule has 4 heteroatoms. The molecule has 0 spiro atoms. The molecule has 2 N–H and O–H groups in total. The Bertz CT molecular complexity index is 587. The zero-order valence-corrected chi connectivity index (χ0v) is 14.8. The quantitative estimate of drug-likeness (QED) is 0.463. The fourth-order valence-electron chi connectivity index (χ4n) is 3.22. The van der Waals surface area contributed by atoms with Crippen molar-refractivity contribution in [2.75, 3.05) is 6.61 Å². The van der Waals surface area contributed by atoms with Crippen LogP contribution in [0, 0.1) is 11.8 Å². The molecule has 2 rings (SSSR count). The average molecular weight is 332 g/mol. The Balaban J connectivity index is 2.32. The molecular weight excluding hydrogens is 304 g/mol. The van der Waals surface area contributed by atoms with Crippen molar-refractivity contribution < 1.29 is 19.7 Å². The fraction of sp³-hybridized carbons (Fsp3) is 0.550. The Labute approximate surface area is 144 Å². The molecule has 1 saturated heterocycles. The van der Waals surface area contributed by atoms with Crippen LogP contribution >= 0.6 is 0 Å². The molecule has 2 aliphatic rings. The maximum atomic E-state index is 12.3. The van der Waals surface area contributed by atoms with E-state index in [1.165, 1.54) is 0 Å². The number of aliphatic hydroxyl groups is 2. The molecule has 0 aromatic rings. The second-order valence-corrected chi connectivity index (χ2v) is 7.61. The molecule has 0 radical (unpaired) electrons. The SMILES string of the molecule is C=C1CC=CC(C)(O)CCC2C(=CC=CC(C)(C)O)C(=O)OCC12. The molecule has 1 heterocycles. The lowest BCUT2D eigenvalue weighted by molar-refractivity contribution is -0.145. The summed E-state index contributed by atoms with van der Waals surface area (Å²) >= 11 is 0. The molecule has 3 atom stereocenters. The van der Waals surface area contributed by atoms with E-state index in [9.17, 15) is 15.0 Å². The van der Waals surface area contributed by atoms with E-state index in [1.54, 1.807) is 39.0 Å². The predicted molar refractivity (Wildman–Crippen MR) is 94.2 cm³/mol. The second kappa shape index (κ2) is 7.08. The van der Waals surface area contributed by atoms with Crippen molar-refractivity contribution in [1.29, 1.82) is 0 Å². The van der Waals surface area contributed by atoms with Crippen LogP contribution in [-0.4, -0.2) is 34.0 Å². The highest BCUT2D eigenvalue weighted by Gasteiger charge is 2.37. The van der Waals surface area contributed by atoms with Crippen LogP contribution in [0.5, 0.6) is 0 Å². The molecule has 4 nitrogen and oxygen atoms in total. The van der Waals surface area contributed by atoms with Crippen molar-refractivity contribution in [3.63, 3.8) is 0 Å². The monoisotopic (exact) mass is 332 g/mol. The van der Waals surface area contributed by atoms with E-state index in [0.717, 1.165) is 5.57 Å². The highest BCUT2D eigenvalue weighted by molar-refractivity contribution is 5.90. The van der Waals surface area contributed by atoms with E-state index in [1.807, 2.05) is 12.2 Å². The molecule has 0 aromatic heterocycles. The van der Waals surface area contributed by atoms with Crippen molar-refractivity contribution in [2.24, 2.45) is 11.8 Å². The van der Waals surface area contributed by atoms with Crippen molar-refractivity contribution >= 4 is 5.97 Å². The van der Waals surface area contributed by atoms with Gasteiger partial charge in [0, 0.05) is 17.4 Å². The highest BCUT2D eigenvalue weighted by Crippen LogP contribution is 2.39. The van der Waals surface area contributed by atoms with E-state index in [4.69, 9.17) is 4.74 Å². The van der Waals surface area contributed by atoms with Gasteiger partial charge >= 0.3 is 5.97 Å². The summed E-state index contributed by atoms with van der Waals surface area (Å²) in [4.78, 5) is 12.3. The van der Waals surface area contributed by atoms with Gasteiger partial charge in [0.15, 0.2) is 0 Å². The Morgan fingerprint density at radius 2 is 2.12 bits per heavy atom. The van der Waals surface area contributed by atoms with Gasteiger partial charge in [0.05, 0.1) is 17.8 Å². The zero-order valence-electron chi connectivity index (χ0n) is 14.8. The van der Waals surface area contributed by atoms with Gasteiger partial charge in [-0.15, -0.1) is 0 Å². The number of ether oxygens (including phenoxy) is 1. The summed E-state index contributed by atoms with van der Waals surface area (Å²) in [6, 6.07) is 0. The number of hydrogen-bond donors (Lipinski definition) is 2. The third kappa shape index (κ3) is 4.92. The van der Waals surface area contributed by atoms with Gasteiger partial charge in [-0.1, -0.05) is 42.5 Å². The van der Waals surface area contributed by atoms with Gasteiger partial charge in [-0.2, -0.15) is 0 Å². The first-order chi connectivity index (χ1) is 11.1. The van der Waals surface area contributed by atoms with Gasteiger partial charge in [0.1, 0.15) is 0 Å². The summed E-state index contributed by atoms with van der Waals surface area (Å²) in [5.41, 5.74) is -0.223. The third-order valence-corrected chi connectivity index (χ3v) is 4.64. The maximum Gasteiger partial charge on any atom is 0.334 e. The van der Waals surface area contributed by atoms with Crippen LogP contribution in [0.1, 0.15) is 40.0 Å². The van der Waals surface area contributed by atoms with Gasteiger partial charge in [-0.05, 0) is 40.0 Å². The van der Waals surface area contributed by atoms with E-state index >= 15 is 0 Å². The van der Waals surface area contributed by atoms with Crippen molar-refractivity contribution in [2.45, 2.75) is 51.2 Å². The Hall–Kier alpha value is -1.65. The number of fused-ring (bicyclic) bond motifs is 1. The number of rotatable bonds is 2. The molecule has 0 bridgehead atoms. The molecule has 24 heavy (non-hydrogen) atoms. The summed E-state index contributed by atoms with van der Waals surface area (Å²) in [6.07, 6.45) is 10.7. The lowest BCUT2D eigenvalue weighted by Gasteiger charge is -2.34. The summed E-state index contributed by atoms with van der Waals surface area (Å²) in [7, 11) is 0. The first kappa shape index (κ1) is 18.7. The second-order valence-electron chi connectivity index (χ2n) is 7.61. The number of cyclic esters (lactones) is 1. The molecule has 0 saturated carbocycles. The van der Waals surface area contributed by atoms with E-state index in [0.29, 0.717) is 31.4 Å². The molecule has 1 aliphatic carbocycles. The van der Waals surface area contributed by atoms with Crippen LogP contribution in [0.15, 0.2) is 48.1 Å². The van der Waals surface area contributed by atoms with Crippen LogP contribution < -0.4 is 0 Å². The number of esters is 1. The van der Waals surface area contributed by atoms with E-state index in [2.05, 4.69) is 6.58 Å². The highest BCUT2D eigenvalue weighted by atomic mass is 16.5. The van der Waals surface area contributed by atoms with Gasteiger partial charge in [0.25, 0.3) is 0 Å². The molecule has 3 unspecified atom stereocenters. The largest absolute Gasteiger partial charge is 0.462 e. The van der Waals surface area contributed by atoms with Crippen LogP contribution in [0.25, 0.3) is 0 Å². The number of allylic oxidation sites excluding steroid dienone is 3. The van der Waals surface area contributed by atoms with Gasteiger partial charge in [0.2, 0.25) is 0 Å². The first-order valence-electron chi connectivity index (χ1n) is 8.46. The fourth-order valence-corrected chi connectivity index (χ4v) is 3.22. The summed E-state index contributed by atoms with van der Waals surface area (Å²) in [5.74, 6) is -0.295. The molecule has 0 amide bonds. The Morgan fingerprint density at radius 3 is 2.79 bits per heavy atom. The Kier molecular flexibility index (Phi) is 5.51. The minimum Gasteiger partial charge on any atom is -0.462 e. The van der Waals surface area contributed by atoms with Crippen LogP contribution in [0.3, 0.4) is 0 Å². The normalized spacial score (nSPS) is 33.8. The maximum absolute atomic E-state index is 12.3. The molecule has 0 aromatic carbocycles. The third-order valence-electron chi connectivity index (χ3n) is 4.64. The zero-order chi connectivity index (χ0) is 18.0. The summed E-state index contributed by atoms with van der Waals surface area (Å²) in [5, 5.41) is 20.2. The lowest BCUT2D eigenvalue weighted by Crippen LogP contribution is -2.35. The van der Waals surface area contributed by atoms with E-state index in [-0.39, 0.29) is 17.8 Å². The first-order valence-corrected chi connectivity index (χ1v) is 8.46. The number of carbonyl (C=O) groups excluding carboxylic acids is 1. The number of hydrogen-bond acceptors (Lipinski definition) is 4. The van der Waals surface area contributed by atoms with Gasteiger partial charge < -0.3 is 14.9 Å². The minimum atomic E-state index is -0.940. The topological polar surface area (TPSA) is 66.8 Å². The smallest absolute Gasteiger partial charge is 0.334 e. The standard InChI is InChI=1S/C20H28O4/c1-14-7-5-11-20(4,23)12-9-15-16(8-6-10-19(2,3)22)18(21)24-13-17(14)15/h5-6,8,10-11,15,17,22-23H,1,7,9,12-13H2,2-4H3. The molecular formula is C20H28O4. The van der Waals surface area contributed by atoms with Gasteiger partial charge in [-0.3, -0.25) is 0 Å². The summed E-state index contributed by atoms with van der Waals surface area (Å²) in [6.45, 7) is 9.63.